The Hall–Kier alpha value is -3.68. The molecule has 1 aliphatic heterocycles. The Labute approximate surface area is 174 Å². The second kappa shape index (κ2) is 9.21. The zero-order valence-electron chi connectivity index (χ0n) is 16.8. The molecule has 0 unspecified atom stereocenters. The van der Waals surface area contributed by atoms with Gasteiger partial charge in [0, 0.05) is 24.2 Å². The van der Waals surface area contributed by atoms with Crippen LogP contribution >= 0.6 is 0 Å². The minimum Gasteiger partial charge on any atom is -0.455 e. The Morgan fingerprint density at radius 3 is 2.50 bits per heavy atom. The number of ether oxygens (including phenoxy) is 1. The molecule has 8 nitrogen and oxygen atoms in total. The van der Waals surface area contributed by atoms with Gasteiger partial charge in [-0.1, -0.05) is 30.3 Å². The predicted octanol–water partition coefficient (Wildman–Crippen LogP) is 1.66. The Bertz CT molecular complexity index is 974. The lowest BCUT2D eigenvalue weighted by Crippen LogP contribution is -2.43. The molecule has 156 valence electrons. The molecule has 2 aromatic rings. The van der Waals surface area contributed by atoms with Crippen molar-refractivity contribution in [1.29, 1.82) is 0 Å². The highest BCUT2D eigenvalue weighted by Crippen LogP contribution is 2.29. The van der Waals surface area contributed by atoms with Crippen LogP contribution in [0.3, 0.4) is 0 Å². The highest BCUT2D eigenvalue weighted by atomic mass is 16.5. The summed E-state index contributed by atoms with van der Waals surface area (Å²) in [5.41, 5.74) is 7.63. The molecule has 3 amide bonds. The summed E-state index contributed by atoms with van der Waals surface area (Å²) in [7, 11) is 0. The van der Waals surface area contributed by atoms with E-state index in [-0.39, 0.29) is 18.9 Å². The van der Waals surface area contributed by atoms with Gasteiger partial charge >= 0.3 is 5.97 Å². The number of carbonyl (C=O) groups is 4. The first-order chi connectivity index (χ1) is 14.4. The van der Waals surface area contributed by atoms with Gasteiger partial charge in [0.25, 0.3) is 11.8 Å². The fourth-order valence-corrected chi connectivity index (χ4v) is 3.21. The van der Waals surface area contributed by atoms with Gasteiger partial charge < -0.3 is 9.64 Å². The van der Waals surface area contributed by atoms with E-state index in [1.165, 1.54) is 0 Å². The third-order valence-corrected chi connectivity index (χ3v) is 5.02. The summed E-state index contributed by atoms with van der Waals surface area (Å²) in [6.45, 7) is 3.54. The first-order valence-electron chi connectivity index (χ1n) is 9.54. The van der Waals surface area contributed by atoms with Crippen molar-refractivity contribution in [3.05, 3.63) is 65.2 Å². The number of hydrogen-bond acceptors (Lipinski definition) is 5. The molecule has 0 radical (unpaired) electrons. The Kier molecular flexibility index (Phi) is 6.46. The molecule has 1 atom stereocenters. The second-order valence-electron chi connectivity index (χ2n) is 7.10. The van der Waals surface area contributed by atoms with Gasteiger partial charge in [0.15, 0.2) is 6.61 Å². The molecule has 0 aliphatic carbocycles. The molecule has 1 saturated heterocycles. The number of hydrazine groups is 1. The van der Waals surface area contributed by atoms with Crippen LogP contribution in [0.5, 0.6) is 0 Å². The molecule has 30 heavy (non-hydrogen) atoms. The van der Waals surface area contributed by atoms with Gasteiger partial charge in [-0.25, -0.2) is 0 Å². The number of nitrogens with zero attached hydrogens (tertiary/aromatic N) is 1. The highest BCUT2D eigenvalue weighted by molar-refractivity contribution is 6.00. The molecule has 1 heterocycles. The molecule has 1 aliphatic rings. The molecular weight excluding hydrogens is 386 g/mol. The number of rotatable bonds is 5. The van der Waals surface area contributed by atoms with Crippen LogP contribution in [0.1, 0.15) is 27.9 Å². The lowest BCUT2D eigenvalue weighted by molar-refractivity contribution is -0.152. The standard InChI is InChI=1S/C22H23N3O5/c1-14-7-6-10-18(15(14)2)25-12-17(11-20(25)27)22(29)30-13-19(26)23-24-21(28)16-8-4-3-5-9-16/h3-10,17H,11-13H2,1-2H3,(H,23,26)(H,24,28)/t17-/m1/s1. The summed E-state index contributed by atoms with van der Waals surface area (Å²) in [5, 5.41) is 0. The van der Waals surface area contributed by atoms with Crippen LogP contribution in [0.25, 0.3) is 0 Å². The number of nitrogens with one attached hydrogen (secondary N) is 2. The van der Waals surface area contributed by atoms with E-state index >= 15 is 0 Å². The number of benzene rings is 2. The average Bonchev–Trinajstić information content (AvgIpc) is 3.14. The molecule has 0 spiro atoms. The van der Waals surface area contributed by atoms with Gasteiger partial charge in [-0.3, -0.25) is 30.0 Å². The van der Waals surface area contributed by atoms with Gasteiger partial charge in [0.05, 0.1) is 5.92 Å². The molecular formula is C22H23N3O5. The molecule has 0 saturated carbocycles. The van der Waals surface area contributed by atoms with Crippen molar-refractivity contribution in [2.24, 2.45) is 5.92 Å². The summed E-state index contributed by atoms with van der Waals surface area (Å²) in [6, 6.07) is 14.0. The number of amides is 3. The van der Waals surface area contributed by atoms with Crippen LogP contribution in [-0.4, -0.2) is 36.8 Å². The summed E-state index contributed by atoms with van der Waals surface area (Å²) >= 11 is 0. The van der Waals surface area contributed by atoms with Gasteiger partial charge in [0.2, 0.25) is 5.91 Å². The van der Waals surface area contributed by atoms with Crippen LogP contribution < -0.4 is 15.8 Å². The summed E-state index contributed by atoms with van der Waals surface area (Å²) in [6.07, 6.45) is 0.0264. The number of anilines is 1. The average molecular weight is 409 g/mol. The summed E-state index contributed by atoms with van der Waals surface area (Å²) < 4.78 is 5.03. The van der Waals surface area contributed by atoms with Crippen LogP contribution in [-0.2, 0) is 19.1 Å². The van der Waals surface area contributed by atoms with E-state index in [0.717, 1.165) is 16.8 Å². The van der Waals surface area contributed by atoms with Crippen LogP contribution in [0.2, 0.25) is 0 Å². The number of hydrogen-bond donors (Lipinski definition) is 2. The third-order valence-electron chi connectivity index (χ3n) is 5.02. The second-order valence-corrected chi connectivity index (χ2v) is 7.10. The molecule has 2 aromatic carbocycles. The summed E-state index contributed by atoms with van der Waals surface area (Å²) in [5.74, 6) is -2.60. The fraction of sp³-hybridized carbons (Fsp3) is 0.273. The topological polar surface area (TPSA) is 105 Å². The highest BCUT2D eigenvalue weighted by Gasteiger charge is 2.37. The van der Waals surface area contributed by atoms with Crippen molar-refractivity contribution in [2.45, 2.75) is 20.3 Å². The quantitative estimate of drug-likeness (QED) is 0.577. The normalized spacial score (nSPS) is 15.6. The molecule has 3 rings (SSSR count). The van der Waals surface area contributed by atoms with E-state index in [0.29, 0.717) is 5.56 Å². The van der Waals surface area contributed by atoms with E-state index in [1.54, 1.807) is 35.2 Å². The molecule has 8 heteroatoms. The number of carbonyl (C=O) groups excluding carboxylic acids is 4. The van der Waals surface area contributed by atoms with Crippen molar-refractivity contribution in [3.8, 4) is 0 Å². The molecule has 0 aromatic heterocycles. The van der Waals surface area contributed by atoms with Gasteiger partial charge in [-0.05, 0) is 43.2 Å². The fourth-order valence-electron chi connectivity index (χ4n) is 3.21. The van der Waals surface area contributed by atoms with Crippen molar-refractivity contribution in [1.82, 2.24) is 10.9 Å². The number of esters is 1. The van der Waals surface area contributed by atoms with Crippen LogP contribution in [0, 0.1) is 19.8 Å². The monoisotopic (exact) mass is 409 g/mol. The first-order valence-corrected chi connectivity index (χ1v) is 9.54. The third kappa shape index (κ3) is 4.83. The summed E-state index contributed by atoms with van der Waals surface area (Å²) in [4.78, 5) is 50.0. The van der Waals surface area contributed by atoms with Crippen LogP contribution in [0.4, 0.5) is 5.69 Å². The van der Waals surface area contributed by atoms with Crippen molar-refractivity contribution < 1.29 is 23.9 Å². The van der Waals surface area contributed by atoms with Gasteiger partial charge in [-0.2, -0.15) is 0 Å². The largest absolute Gasteiger partial charge is 0.455 e. The van der Waals surface area contributed by atoms with Crippen molar-refractivity contribution in [3.63, 3.8) is 0 Å². The molecule has 2 N–H and O–H groups in total. The van der Waals surface area contributed by atoms with E-state index in [4.69, 9.17) is 4.74 Å². The zero-order chi connectivity index (χ0) is 21.7. The lowest BCUT2D eigenvalue weighted by Gasteiger charge is -2.20. The minimum absolute atomic E-state index is 0.0264. The van der Waals surface area contributed by atoms with Gasteiger partial charge in [-0.15, -0.1) is 0 Å². The maximum Gasteiger partial charge on any atom is 0.311 e. The Morgan fingerprint density at radius 1 is 1.03 bits per heavy atom. The van der Waals surface area contributed by atoms with E-state index in [2.05, 4.69) is 10.9 Å². The van der Waals surface area contributed by atoms with Crippen LogP contribution in [0.15, 0.2) is 48.5 Å². The van der Waals surface area contributed by atoms with Crippen molar-refractivity contribution in [2.75, 3.05) is 18.1 Å². The first kappa shape index (κ1) is 21.0. The molecule has 0 bridgehead atoms. The minimum atomic E-state index is -0.677. The Morgan fingerprint density at radius 2 is 1.77 bits per heavy atom. The number of aryl methyl sites for hydroxylation is 1. The maximum absolute atomic E-state index is 12.4. The smallest absolute Gasteiger partial charge is 0.311 e. The predicted molar refractivity (Wildman–Crippen MR) is 109 cm³/mol. The van der Waals surface area contributed by atoms with E-state index in [1.807, 2.05) is 32.0 Å². The molecule has 1 fully saturated rings. The Balaban J connectivity index is 1.48. The van der Waals surface area contributed by atoms with Gasteiger partial charge in [0.1, 0.15) is 0 Å². The van der Waals surface area contributed by atoms with E-state index < -0.39 is 30.3 Å². The maximum atomic E-state index is 12.4. The zero-order valence-corrected chi connectivity index (χ0v) is 16.8. The van der Waals surface area contributed by atoms with E-state index in [9.17, 15) is 19.2 Å². The lowest BCUT2D eigenvalue weighted by atomic mass is 10.1. The van der Waals surface area contributed by atoms with Crippen molar-refractivity contribution >= 4 is 29.4 Å². The SMILES string of the molecule is Cc1cccc(N2C[C@H](C(=O)OCC(=O)NNC(=O)c3ccccc3)CC2=O)c1C.